The van der Waals surface area contributed by atoms with Crippen molar-refractivity contribution in [1.29, 1.82) is 0 Å². The summed E-state index contributed by atoms with van der Waals surface area (Å²) in [4.78, 5) is 19.4. The lowest BCUT2D eigenvalue weighted by atomic mass is 9.86. The Morgan fingerprint density at radius 1 is 1.06 bits per heavy atom. The topological polar surface area (TPSA) is 75.1 Å². The largest absolute Gasteiger partial charge is 0.508 e. The Balaban J connectivity index is 0.000000229. The third-order valence-electron chi connectivity index (χ3n) is 5.42. The Hall–Kier alpha value is -3.28. The van der Waals surface area contributed by atoms with E-state index >= 15 is 0 Å². The molecule has 2 N–H and O–H groups in total. The van der Waals surface area contributed by atoms with Crippen molar-refractivity contribution in [2.45, 2.75) is 44.4 Å². The van der Waals surface area contributed by atoms with Gasteiger partial charge >= 0.3 is 0 Å². The number of aromatic hydroxyl groups is 1. The van der Waals surface area contributed by atoms with Crippen molar-refractivity contribution in [3.63, 3.8) is 0 Å². The van der Waals surface area contributed by atoms with Crippen LogP contribution in [-0.4, -0.2) is 28.4 Å². The first kappa shape index (κ1) is 22.4. The van der Waals surface area contributed by atoms with Crippen LogP contribution in [0.25, 0.3) is 11.3 Å². The normalized spacial score (nSPS) is 13.7. The minimum atomic E-state index is -0.269. The van der Waals surface area contributed by atoms with Crippen molar-refractivity contribution in [2.75, 3.05) is 12.4 Å². The lowest BCUT2D eigenvalue weighted by Crippen LogP contribution is -2.11. The number of hydrogen-bond donors (Lipinski definition) is 2. The number of hydrogen-bond acceptors (Lipinski definition) is 5. The molecule has 3 aromatic rings. The second-order valence-electron chi connectivity index (χ2n) is 7.62. The Bertz CT molecular complexity index is 969. The number of nitrogens with one attached hydrogen (secondary N) is 1. The molecule has 1 aromatic heterocycles. The molecule has 2 aromatic carbocycles. The number of aromatic nitrogens is 2. The van der Waals surface area contributed by atoms with Gasteiger partial charge in [0.2, 0.25) is 0 Å². The highest BCUT2D eigenvalue weighted by molar-refractivity contribution is 5.61. The predicted molar refractivity (Wildman–Crippen MR) is 121 cm³/mol. The summed E-state index contributed by atoms with van der Waals surface area (Å²) in [7, 11) is 1.90. The van der Waals surface area contributed by atoms with Crippen LogP contribution in [0, 0.1) is 5.82 Å². The number of phenols is 1. The number of benzene rings is 2. The first-order valence-electron chi connectivity index (χ1n) is 10.6. The van der Waals surface area contributed by atoms with Gasteiger partial charge in [-0.15, -0.1) is 0 Å². The average Bonchev–Trinajstić information content (AvgIpc) is 2.82. The van der Waals surface area contributed by atoms with E-state index in [1.165, 1.54) is 44.2 Å². The molecule has 1 aliphatic rings. The van der Waals surface area contributed by atoms with Crippen molar-refractivity contribution >= 4 is 12.1 Å². The molecule has 0 atom stereocenters. The highest BCUT2D eigenvalue weighted by atomic mass is 19.1. The van der Waals surface area contributed by atoms with Gasteiger partial charge in [-0.25, -0.2) is 14.4 Å². The summed E-state index contributed by atoms with van der Waals surface area (Å²) < 4.78 is 12.2. The Labute approximate surface area is 182 Å². The number of aldehydes is 1. The van der Waals surface area contributed by atoms with E-state index in [4.69, 9.17) is 4.98 Å². The predicted octanol–water partition coefficient (Wildman–Crippen LogP) is 5.51. The van der Waals surface area contributed by atoms with Crippen LogP contribution in [0.3, 0.4) is 0 Å². The maximum Gasteiger partial charge on any atom is 0.147 e. The van der Waals surface area contributed by atoms with Crippen molar-refractivity contribution in [3.8, 4) is 17.0 Å². The highest BCUT2D eigenvalue weighted by Gasteiger charge is 2.21. The zero-order valence-corrected chi connectivity index (χ0v) is 17.7. The standard InChI is InChI=1S/C17H21N3O.C8H7FO/c1-18-17-16(13-5-3-2-4-6-13)20-15(11-19-17)12-7-9-14(21)10-8-12;9-8-3-1-7(2-4-8)5-6-10/h7-11,13,21H,2-6H2,1H3,(H,18,19);1-4,6H,5H2. The number of nitrogens with zero attached hydrogens (tertiary/aromatic N) is 2. The molecule has 31 heavy (non-hydrogen) atoms. The van der Waals surface area contributed by atoms with Gasteiger partial charge in [0.15, 0.2) is 0 Å². The summed E-state index contributed by atoms with van der Waals surface area (Å²) >= 11 is 0. The van der Waals surface area contributed by atoms with E-state index in [9.17, 15) is 14.3 Å². The number of anilines is 1. The summed E-state index contributed by atoms with van der Waals surface area (Å²) in [5.41, 5.74) is 3.79. The van der Waals surface area contributed by atoms with Gasteiger partial charge in [0.1, 0.15) is 23.7 Å². The Morgan fingerprint density at radius 3 is 2.35 bits per heavy atom. The van der Waals surface area contributed by atoms with Gasteiger partial charge in [-0.2, -0.15) is 0 Å². The van der Waals surface area contributed by atoms with Gasteiger partial charge in [-0.3, -0.25) is 0 Å². The van der Waals surface area contributed by atoms with Crippen LogP contribution in [0.4, 0.5) is 10.2 Å². The second kappa shape index (κ2) is 11.2. The molecule has 6 heteroatoms. The molecule has 0 unspecified atom stereocenters. The fourth-order valence-electron chi connectivity index (χ4n) is 3.74. The molecule has 0 aliphatic heterocycles. The molecule has 4 rings (SSSR count). The molecule has 1 fully saturated rings. The zero-order chi connectivity index (χ0) is 22.1. The van der Waals surface area contributed by atoms with Crippen LogP contribution in [0.15, 0.2) is 54.7 Å². The smallest absolute Gasteiger partial charge is 0.147 e. The van der Waals surface area contributed by atoms with E-state index in [1.54, 1.807) is 30.5 Å². The maximum absolute atomic E-state index is 12.2. The molecule has 5 nitrogen and oxygen atoms in total. The first-order chi connectivity index (χ1) is 15.1. The zero-order valence-electron chi connectivity index (χ0n) is 17.7. The number of halogens is 1. The molecule has 1 aliphatic carbocycles. The SMILES string of the molecule is CNc1ncc(-c2ccc(O)cc2)nc1C1CCCCC1.O=CCc1ccc(F)cc1. The third-order valence-corrected chi connectivity index (χ3v) is 5.42. The highest BCUT2D eigenvalue weighted by Crippen LogP contribution is 2.35. The number of carbonyl (C=O) groups excluding carboxylic acids is 1. The van der Waals surface area contributed by atoms with Crippen LogP contribution in [0.1, 0.15) is 49.3 Å². The Morgan fingerprint density at radius 2 is 1.74 bits per heavy atom. The van der Waals surface area contributed by atoms with Gasteiger partial charge in [-0.1, -0.05) is 31.4 Å². The van der Waals surface area contributed by atoms with Crippen molar-refractivity contribution in [2.24, 2.45) is 0 Å². The molecule has 0 amide bonds. The minimum Gasteiger partial charge on any atom is -0.508 e. The van der Waals surface area contributed by atoms with E-state index in [1.807, 2.05) is 19.2 Å². The summed E-state index contributed by atoms with van der Waals surface area (Å²) in [6.45, 7) is 0. The third kappa shape index (κ3) is 6.35. The second-order valence-corrected chi connectivity index (χ2v) is 7.62. The van der Waals surface area contributed by atoms with Crippen LogP contribution in [-0.2, 0) is 11.2 Å². The maximum atomic E-state index is 12.2. The quantitative estimate of drug-likeness (QED) is 0.532. The minimum absolute atomic E-state index is 0.269. The molecular formula is C25H28FN3O2. The summed E-state index contributed by atoms with van der Waals surface area (Å²) in [6, 6.07) is 13.0. The summed E-state index contributed by atoms with van der Waals surface area (Å²) in [5, 5.41) is 12.6. The molecular weight excluding hydrogens is 393 g/mol. The average molecular weight is 422 g/mol. The lowest BCUT2D eigenvalue weighted by Gasteiger charge is -2.23. The monoisotopic (exact) mass is 421 g/mol. The lowest BCUT2D eigenvalue weighted by molar-refractivity contribution is -0.107. The van der Waals surface area contributed by atoms with E-state index in [0.29, 0.717) is 12.3 Å². The van der Waals surface area contributed by atoms with Crippen LogP contribution < -0.4 is 5.32 Å². The Kier molecular flexibility index (Phi) is 8.10. The van der Waals surface area contributed by atoms with E-state index in [2.05, 4.69) is 10.3 Å². The van der Waals surface area contributed by atoms with Crippen LogP contribution in [0.5, 0.6) is 5.75 Å². The number of rotatable bonds is 5. The summed E-state index contributed by atoms with van der Waals surface area (Å²) in [6.07, 6.45) is 9.23. The van der Waals surface area contributed by atoms with Gasteiger partial charge in [0.25, 0.3) is 0 Å². The van der Waals surface area contributed by atoms with Gasteiger partial charge < -0.3 is 15.2 Å². The van der Waals surface area contributed by atoms with E-state index in [0.717, 1.165) is 34.6 Å². The fourth-order valence-corrected chi connectivity index (χ4v) is 3.74. The first-order valence-corrected chi connectivity index (χ1v) is 10.6. The van der Waals surface area contributed by atoms with E-state index in [-0.39, 0.29) is 11.6 Å². The van der Waals surface area contributed by atoms with Crippen molar-refractivity contribution in [3.05, 3.63) is 71.8 Å². The van der Waals surface area contributed by atoms with Gasteiger partial charge in [-0.05, 0) is 54.8 Å². The van der Waals surface area contributed by atoms with Crippen LogP contribution in [0.2, 0.25) is 0 Å². The van der Waals surface area contributed by atoms with Crippen molar-refractivity contribution < 1.29 is 14.3 Å². The molecule has 0 spiro atoms. The van der Waals surface area contributed by atoms with Gasteiger partial charge in [0.05, 0.1) is 17.6 Å². The summed E-state index contributed by atoms with van der Waals surface area (Å²) in [5.74, 6) is 1.40. The molecule has 0 bridgehead atoms. The van der Waals surface area contributed by atoms with Crippen molar-refractivity contribution in [1.82, 2.24) is 9.97 Å². The van der Waals surface area contributed by atoms with E-state index < -0.39 is 0 Å². The number of carbonyl (C=O) groups is 1. The molecule has 0 saturated heterocycles. The van der Waals surface area contributed by atoms with Crippen LogP contribution >= 0.6 is 0 Å². The fraction of sp³-hybridized carbons (Fsp3) is 0.320. The molecule has 1 heterocycles. The molecule has 162 valence electrons. The molecule has 1 saturated carbocycles. The molecule has 0 radical (unpaired) electrons. The van der Waals surface area contributed by atoms with Gasteiger partial charge in [0, 0.05) is 24.9 Å². The number of phenolic OH excluding ortho intramolecular Hbond substituents is 1.